The smallest absolute Gasteiger partial charge is 0.245 e. The van der Waals surface area contributed by atoms with Crippen molar-refractivity contribution in [3.05, 3.63) is 35.3 Å². The minimum atomic E-state index is -0.205. The maximum atomic E-state index is 11.8. The standard InChI is InChI=1S/C12H13ClN4O2/c1-8-5-11(16-19-8)15-12(18)7-17(2)10-3-4-14-6-9(10)13/h3-6H,7H2,1-2H3,(H,15,16,18). The Morgan fingerprint density at radius 3 is 3.00 bits per heavy atom. The lowest BCUT2D eigenvalue weighted by molar-refractivity contribution is -0.115. The van der Waals surface area contributed by atoms with Gasteiger partial charge in [0.15, 0.2) is 5.82 Å². The topological polar surface area (TPSA) is 71.3 Å². The fourth-order valence-electron chi connectivity index (χ4n) is 1.59. The zero-order chi connectivity index (χ0) is 13.8. The van der Waals surface area contributed by atoms with Gasteiger partial charge in [0.25, 0.3) is 0 Å². The van der Waals surface area contributed by atoms with Crippen LogP contribution < -0.4 is 10.2 Å². The van der Waals surface area contributed by atoms with Crippen molar-refractivity contribution in [1.29, 1.82) is 0 Å². The first-order valence-electron chi connectivity index (χ1n) is 5.60. The van der Waals surface area contributed by atoms with Crippen molar-refractivity contribution < 1.29 is 9.32 Å². The minimum absolute atomic E-state index is 0.148. The van der Waals surface area contributed by atoms with E-state index in [0.717, 1.165) is 5.69 Å². The molecule has 0 unspecified atom stereocenters. The van der Waals surface area contributed by atoms with Crippen molar-refractivity contribution in [3.8, 4) is 0 Å². The van der Waals surface area contributed by atoms with Crippen LogP contribution >= 0.6 is 11.6 Å². The van der Waals surface area contributed by atoms with Crippen LogP contribution in [-0.4, -0.2) is 29.6 Å². The Balaban J connectivity index is 1.97. The second kappa shape index (κ2) is 5.71. The van der Waals surface area contributed by atoms with Gasteiger partial charge in [0.2, 0.25) is 5.91 Å². The lowest BCUT2D eigenvalue weighted by Gasteiger charge is -2.19. The van der Waals surface area contributed by atoms with Crippen molar-refractivity contribution in [2.24, 2.45) is 0 Å². The summed E-state index contributed by atoms with van der Waals surface area (Å²) in [5.41, 5.74) is 0.739. The van der Waals surface area contributed by atoms with Crippen molar-refractivity contribution >= 4 is 29.0 Å². The van der Waals surface area contributed by atoms with E-state index in [-0.39, 0.29) is 12.5 Å². The maximum absolute atomic E-state index is 11.8. The molecule has 0 aliphatic heterocycles. The summed E-state index contributed by atoms with van der Waals surface area (Å²) < 4.78 is 4.87. The van der Waals surface area contributed by atoms with Gasteiger partial charge in [-0.15, -0.1) is 0 Å². The maximum Gasteiger partial charge on any atom is 0.245 e. The van der Waals surface area contributed by atoms with Crippen LogP contribution in [0.2, 0.25) is 5.02 Å². The van der Waals surface area contributed by atoms with Crippen LogP contribution in [0.5, 0.6) is 0 Å². The molecule has 2 aromatic rings. The molecule has 0 spiro atoms. The Labute approximate surface area is 115 Å². The molecule has 0 aliphatic carbocycles. The predicted molar refractivity (Wildman–Crippen MR) is 72.4 cm³/mol. The zero-order valence-electron chi connectivity index (χ0n) is 10.6. The number of anilines is 2. The van der Waals surface area contributed by atoms with E-state index in [1.54, 1.807) is 37.2 Å². The molecule has 2 heterocycles. The summed E-state index contributed by atoms with van der Waals surface area (Å²) in [5.74, 6) is 0.834. The number of rotatable bonds is 4. The number of aromatic nitrogens is 2. The van der Waals surface area contributed by atoms with Crippen LogP contribution in [0.25, 0.3) is 0 Å². The van der Waals surface area contributed by atoms with Crippen LogP contribution in [0.3, 0.4) is 0 Å². The highest BCUT2D eigenvalue weighted by Gasteiger charge is 2.11. The van der Waals surface area contributed by atoms with Gasteiger partial charge in [-0.2, -0.15) is 0 Å². The minimum Gasteiger partial charge on any atom is -0.364 e. The first kappa shape index (κ1) is 13.4. The molecular weight excluding hydrogens is 268 g/mol. The fourth-order valence-corrected chi connectivity index (χ4v) is 1.85. The monoisotopic (exact) mass is 280 g/mol. The van der Waals surface area contributed by atoms with E-state index in [9.17, 15) is 4.79 Å². The van der Waals surface area contributed by atoms with Gasteiger partial charge >= 0.3 is 0 Å². The molecule has 1 amide bonds. The van der Waals surface area contributed by atoms with Gasteiger partial charge in [-0.05, 0) is 13.0 Å². The van der Waals surface area contributed by atoms with Gasteiger partial charge in [0.05, 0.1) is 17.3 Å². The zero-order valence-corrected chi connectivity index (χ0v) is 11.3. The molecule has 2 rings (SSSR count). The number of carbonyl (C=O) groups is 1. The van der Waals surface area contributed by atoms with Gasteiger partial charge in [0.1, 0.15) is 5.76 Å². The Hall–Kier alpha value is -2.08. The van der Waals surface area contributed by atoms with E-state index < -0.39 is 0 Å². The number of hydrogen-bond acceptors (Lipinski definition) is 5. The number of pyridine rings is 1. The first-order chi connectivity index (χ1) is 9.06. The van der Waals surface area contributed by atoms with E-state index in [1.807, 2.05) is 0 Å². The van der Waals surface area contributed by atoms with Crippen LogP contribution in [0, 0.1) is 6.92 Å². The molecule has 1 N–H and O–H groups in total. The lowest BCUT2D eigenvalue weighted by Crippen LogP contribution is -2.30. The number of nitrogens with zero attached hydrogens (tertiary/aromatic N) is 3. The van der Waals surface area contributed by atoms with Crippen LogP contribution in [0.15, 0.2) is 29.0 Å². The molecule has 0 atom stereocenters. The molecule has 2 aromatic heterocycles. The summed E-state index contributed by atoms with van der Waals surface area (Å²) in [6.45, 7) is 1.90. The lowest BCUT2D eigenvalue weighted by atomic mass is 10.3. The van der Waals surface area contributed by atoms with Gasteiger partial charge in [0, 0.05) is 25.5 Å². The Morgan fingerprint density at radius 1 is 1.58 bits per heavy atom. The summed E-state index contributed by atoms with van der Waals surface area (Å²) in [5, 5.41) is 6.83. The second-order valence-corrected chi connectivity index (χ2v) is 4.46. The molecule has 100 valence electrons. The Bertz CT molecular complexity index is 585. The average molecular weight is 281 g/mol. The third kappa shape index (κ3) is 3.45. The molecule has 0 aromatic carbocycles. The molecule has 0 radical (unpaired) electrons. The van der Waals surface area contributed by atoms with E-state index in [1.165, 1.54) is 6.20 Å². The summed E-state index contributed by atoms with van der Waals surface area (Å²) in [4.78, 5) is 17.4. The number of hydrogen-bond donors (Lipinski definition) is 1. The van der Waals surface area contributed by atoms with E-state index >= 15 is 0 Å². The molecular formula is C12H13ClN4O2. The van der Waals surface area contributed by atoms with Crippen molar-refractivity contribution in [3.63, 3.8) is 0 Å². The number of carbonyl (C=O) groups excluding carboxylic acids is 1. The van der Waals surface area contributed by atoms with Gasteiger partial charge in [-0.25, -0.2) is 0 Å². The van der Waals surface area contributed by atoms with Crippen LogP contribution in [0.1, 0.15) is 5.76 Å². The molecule has 0 aliphatic rings. The Kier molecular flexibility index (Phi) is 4.01. The highest BCUT2D eigenvalue weighted by Crippen LogP contribution is 2.22. The number of amides is 1. The third-order valence-electron chi connectivity index (χ3n) is 2.44. The highest BCUT2D eigenvalue weighted by molar-refractivity contribution is 6.33. The molecule has 7 heteroatoms. The summed E-state index contributed by atoms with van der Waals surface area (Å²) in [6.07, 6.45) is 3.16. The molecule has 6 nitrogen and oxygen atoms in total. The number of nitrogens with one attached hydrogen (secondary N) is 1. The largest absolute Gasteiger partial charge is 0.364 e. The third-order valence-corrected chi connectivity index (χ3v) is 2.73. The number of halogens is 1. The van der Waals surface area contributed by atoms with E-state index in [4.69, 9.17) is 16.1 Å². The van der Waals surface area contributed by atoms with E-state index in [0.29, 0.717) is 16.6 Å². The fraction of sp³-hybridized carbons (Fsp3) is 0.250. The number of likely N-dealkylation sites (N-methyl/N-ethyl adjacent to an activating group) is 1. The normalized spacial score (nSPS) is 10.3. The average Bonchev–Trinajstić information content (AvgIpc) is 2.74. The van der Waals surface area contributed by atoms with Gasteiger partial charge in [-0.1, -0.05) is 16.8 Å². The summed E-state index contributed by atoms with van der Waals surface area (Å²) >= 11 is 6.00. The number of aryl methyl sites for hydroxylation is 1. The quantitative estimate of drug-likeness (QED) is 0.929. The van der Waals surface area contributed by atoms with Gasteiger partial charge in [-0.3, -0.25) is 9.78 Å². The van der Waals surface area contributed by atoms with Crippen LogP contribution in [0.4, 0.5) is 11.5 Å². The van der Waals surface area contributed by atoms with Crippen molar-refractivity contribution in [2.75, 3.05) is 23.8 Å². The van der Waals surface area contributed by atoms with Crippen molar-refractivity contribution in [2.45, 2.75) is 6.92 Å². The molecule has 0 fully saturated rings. The second-order valence-electron chi connectivity index (χ2n) is 4.05. The van der Waals surface area contributed by atoms with Crippen LogP contribution in [-0.2, 0) is 4.79 Å². The highest BCUT2D eigenvalue weighted by atomic mass is 35.5. The molecule has 0 saturated carbocycles. The summed E-state index contributed by atoms with van der Waals surface area (Å²) in [7, 11) is 1.77. The van der Waals surface area contributed by atoms with Gasteiger partial charge < -0.3 is 14.7 Å². The van der Waals surface area contributed by atoms with Crippen molar-refractivity contribution in [1.82, 2.24) is 10.1 Å². The predicted octanol–water partition coefficient (Wildman–Crippen LogP) is 2.11. The summed E-state index contributed by atoms with van der Waals surface area (Å²) in [6, 6.07) is 3.40. The Morgan fingerprint density at radius 2 is 2.37 bits per heavy atom. The van der Waals surface area contributed by atoms with E-state index in [2.05, 4.69) is 15.5 Å². The first-order valence-corrected chi connectivity index (χ1v) is 5.98. The molecule has 19 heavy (non-hydrogen) atoms. The SMILES string of the molecule is Cc1cc(NC(=O)CN(C)c2ccncc2Cl)no1. The molecule has 0 saturated heterocycles. The molecule has 0 bridgehead atoms.